The zero-order valence-corrected chi connectivity index (χ0v) is 12.5. The van der Waals surface area contributed by atoms with Gasteiger partial charge in [0.1, 0.15) is 6.04 Å². The maximum atomic E-state index is 10.8. The summed E-state index contributed by atoms with van der Waals surface area (Å²) in [5.41, 5.74) is 10.8. The van der Waals surface area contributed by atoms with Gasteiger partial charge in [-0.05, 0) is 61.3 Å². The van der Waals surface area contributed by atoms with Crippen molar-refractivity contribution in [2.45, 2.75) is 53.0 Å². The highest BCUT2D eigenvalue weighted by Gasteiger charge is 2.22. The van der Waals surface area contributed by atoms with Gasteiger partial charge in [-0.15, -0.1) is 0 Å². The zero-order chi connectivity index (χ0) is 14.7. The van der Waals surface area contributed by atoms with Crippen molar-refractivity contribution in [3.8, 4) is 0 Å². The number of carboxylic acid groups (broad SMARTS) is 1. The minimum Gasteiger partial charge on any atom is -0.480 e. The topological polar surface area (TPSA) is 63.3 Å². The molecular formula is C16H25NO2. The van der Waals surface area contributed by atoms with Gasteiger partial charge in [0.05, 0.1) is 0 Å². The minimum atomic E-state index is -0.921. The molecule has 3 nitrogen and oxygen atoms in total. The van der Waals surface area contributed by atoms with E-state index in [1.807, 2.05) is 0 Å². The molecule has 1 aromatic carbocycles. The van der Waals surface area contributed by atoms with E-state index < -0.39 is 12.0 Å². The lowest BCUT2D eigenvalue weighted by Crippen LogP contribution is -2.32. The smallest absolute Gasteiger partial charge is 0.320 e. The summed E-state index contributed by atoms with van der Waals surface area (Å²) in [7, 11) is 0. The molecule has 106 valence electrons. The molecule has 0 radical (unpaired) electrons. The molecule has 3 unspecified atom stereocenters. The molecule has 0 aromatic heterocycles. The maximum absolute atomic E-state index is 10.8. The van der Waals surface area contributed by atoms with Crippen LogP contribution in [-0.4, -0.2) is 17.1 Å². The van der Waals surface area contributed by atoms with Gasteiger partial charge in [-0.25, -0.2) is 0 Å². The molecule has 3 heteroatoms. The van der Waals surface area contributed by atoms with Gasteiger partial charge in [0, 0.05) is 0 Å². The normalized spacial score (nSPS) is 15.9. The summed E-state index contributed by atoms with van der Waals surface area (Å²) in [6.45, 7) is 10.6. The van der Waals surface area contributed by atoms with Crippen LogP contribution >= 0.6 is 0 Å². The number of carboxylic acids is 1. The fourth-order valence-corrected chi connectivity index (χ4v) is 2.48. The highest BCUT2D eigenvalue weighted by atomic mass is 16.4. The Morgan fingerprint density at radius 1 is 1.21 bits per heavy atom. The Bertz CT molecular complexity index is 468. The minimum absolute atomic E-state index is 0.243. The maximum Gasteiger partial charge on any atom is 0.320 e. The molecule has 0 heterocycles. The van der Waals surface area contributed by atoms with Crippen LogP contribution in [0.15, 0.2) is 12.1 Å². The van der Waals surface area contributed by atoms with Crippen molar-refractivity contribution in [2.75, 3.05) is 0 Å². The van der Waals surface area contributed by atoms with E-state index in [2.05, 4.69) is 46.8 Å². The van der Waals surface area contributed by atoms with E-state index in [4.69, 9.17) is 10.8 Å². The van der Waals surface area contributed by atoms with Gasteiger partial charge >= 0.3 is 5.97 Å². The van der Waals surface area contributed by atoms with E-state index in [-0.39, 0.29) is 5.92 Å². The second kappa shape index (κ2) is 6.20. The predicted molar refractivity (Wildman–Crippen MR) is 78.5 cm³/mol. The van der Waals surface area contributed by atoms with E-state index in [0.29, 0.717) is 12.3 Å². The average Bonchev–Trinajstić information content (AvgIpc) is 2.35. The van der Waals surface area contributed by atoms with E-state index >= 15 is 0 Å². The molecule has 0 saturated heterocycles. The van der Waals surface area contributed by atoms with E-state index in [1.54, 1.807) is 0 Å². The summed E-state index contributed by atoms with van der Waals surface area (Å²) in [5.74, 6) is -0.368. The molecule has 0 aliphatic carbocycles. The van der Waals surface area contributed by atoms with Crippen molar-refractivity contribution in [3.63, 3.8) is 0 Å². The lowest BCUT2D eigenvalue weighted by atomic mass is 9.81. The molecule has 3 atom stereocenters. The summed E-state index contributed by atoms with van der Waals surface area (Å²) in [6.07, 6.45) is 0.503. The van der Waals surface area contributed by atoms with Crippen molar-refractivity contribution in [2.24, 2.45) is 11.7 Å². The van der Waals surface area contributed by atoms with E-state index in [9.17, 15) is 4.79 Å². The Balaban J connectivity index is 2.91. The molecule has 3 N–H and O–H groups in total. The van der Waals surface area contributed by atoms with Crippen molar-refractivity contribution in [1.82, 2.24) is 0 Å². The second-order valence-corrected chi connectivity index (χ2v) is 5.67. The van der Waals surface area contributed by atoms with Crippen molar-refractivity contribution < 1.29 is 9.90 Å². The second-order valence-electron chi connectivity index (χ2n) is 5.67. The van der Waals surface area contributed by atoms with Crippen molar-refractivity contribution in [3.05, 3.63) is 34.4 Å². The molecule has 0 spiro atoms. The Labute approximate surface area is 115 Å². The van der Waals surface area contributed by atoms with Gasteiger partial charge < -0.3 is 10.8 Å². The summed E-state index contributed by atoms with van der Waals surface area (Å²) in [4.78, 5) is 10.8. The first kappa shape index (κ1) is 15.7. The Morgan fingerprint density at radius 3 is 2.32 bits per heavy atom. The summed E-state index contributed by atoms with van der Waals surface area (Å²) >= 11 is 0. The monoisotopic (exact) mass is 263 g/mol. The molecule has 1 aromatic rings. The third-order valence-electron chi connectivity index (χ3n) is 4.39. The van der Waals surface area contributed by atoms with Crippen LogP contribution in [0.1, 0.15) is 48.4 Å². The number of rotatable bonds is 5. The van der Waals surface area contributed by atoms with E-state index in [0.717, 1.165) is 0 Å². The van der Waals surface area contributed by atoms with Crippen molar-refractivity contribution in [1.29, 1.82) is 0 Å². The molecule has 19 heavy (non-hydrogen) atoms. The Morgan fingerprint density at radius 2 is 1.79 bits per heavy atom. The standard InChI is InChI=1S/C16H25NO2/c1-9-6-7-14(13(5)11(9)3)12(4)10(2)8-15(17)16(18)19/h6-7,10,12,15H,8,17H2,1-5H3,(H,18,19). The largest absolute Gasteiger partial charge is 0.480 e. The number of aliphatic carboxylic acids is 1. The summed E-state index contributed by atoms with van der Waals surface area (Å²) < 4.78 is 0. The number of carbonyl (C=O) groups is 1. The SMILES string of the molecule is Cc1ccc(C(C)C(C)CC(N)C(=O)O)c(C)c1C. The fourth-order valence-electron chi connectivity index (χ4n) is 2.48. The molecule has 0 amide bonds. The highest BCUT2D eigenvalue weighted by molar-refractivity contribution is 5.73. The van der Waals surface area contributed by atoms with Crippen molar-refractivity contribution >= 4 is 5.97 Å². The van der Waals surface area contributed by atoms with Crippen LogP contribution in [0, 0.1) is 26.7 Å². The number of hydrogen-bond donors (Lipinski definition) is 2. The molecular weight excluding hydrogens is 238 g/mol. The zero-order valence-electron chi connectivity index (χ0n) is 12.5. The molecule has 0 aliphatic heterocycles. The Kier molecular flexibility index (Phi) is 5.12. The highest BCUT2D eigenvalue weighted by Crippen LogP contribution is 2.31. The van der Waals surface area contributed by atoms with Crippen LogP contribution in [0.25, 0.3) is 0 Å². The van der Waals surface area contributed by atoms with Crippen LogP contribution < -0.4 is 5.73 Å². The number of benzene rings is 1. The fraction of sp³-hybridized carbons (Fsp3) is 0.562. The Hall–Kier alpha value is -1.35. The number of aryl methyl sites for hydroxylation is 1. The van der Waals surface area contributed by atoms with Crippen LogP contribution in [0.4, 0.5) is 0 Å². The lowest BCUT2D eigenvalue weighted by molar-refractivity contribution is -0.138. The van der Waals surface area contributed by atoms with E-state index in [1.165, 1.54) is 22.3 Å². The average molecular weight is 263 g/mol. The molecule has 0 saturated carbocycles. The van der Waals surface area contributed by atoms with Crippen LogP contribution in [0.3, 0.4) is 0 Å². The summed E-state index contributed by atoms with van der Waals surface area (Å²) in [6, 6.07) is 3.52. The number of nitrogens with two attached hydrogens (primary N) is 1. The molecule has 0 fully saturated rings. The van der Waals surface area contributed by atoms with Crippen LogP contribution in [0.2, 0.25) is 0 Å². The first-order chi connectivity index (χ1) is 8.75. The quantitative estimate of drug-likeness (QED) is 0.857. The van der Waals surface area contributed by atoms with Gasteiger partial charge in [-0.1, -0.05) is 26.0 Å². The first-order valence-electron chi connectivity index (χ1n) is 6.80. The lowest BCUT2D eigenvalue weighted by Gasteiger charge is -2.24. The predicted octanol–water partition coefficient (Wildman–Crippen LogP) is 3.15. The van der Waals surface area contributed by atoms with Crippen LogP contribution in [-0.2, 0) is 4.79 Å². The molecule has 0 bridgehead atoms. The number of hydrogen-bond acceptors (Lipinski definition) is 2. The summed E-state index contributed by atoms with van der Waals surface area (Å²) in [5, 5.41) is 8.89. The van der Waals surface area contributed by atoms with Crippen LogP contribution in [0.5, 0.6) is 0 Å². The van der Waals surface area contributed by atoms with Gasteiger partial charge in [-0.3, -0.25) is 4.79 Å². The third kappa shape index (κ3) is 3.57. The van der Waals surface area contributed by atoms with Gasteiger partial charge in [0.15, 0.2) is 0 Å². The third-order valence-corrected chi connectivity index (χ3v) is 4.39. The van der Waals surface area contributed by atoms with Gasteiger partial charge in [0.25, 0.3) is 0 Å². The molecule has 0 aliphatic rings. The first-order valence-corrected chi connectivity index (χ1v) is 6.80. The van der Waals surface area contributed by atoms with Gasteiger partial charge in [0.2, 0.25) is 0 Å². The molecule has 1 rings (SSSR count). The van der Waals surface area contributed by atoms with Gasteiger partial charge in [-0.2, -0.15) is 0 Å².